The van der Waals surface area contributed by atoms with Crippen LogP contribution >= 0.6 is 0 Å². The van der Waals surface area contributed by atoms with Crippen molar-refractivity contribution >= 4 is 0 Å². The molecule has 0 spiro atoms. The predicted molar refractivity (Wildman–Crippen MR) is 67.3 cm³/mol. The van der Waals surface area contributed by atoms with E-state index in [1.54, 1.807) is 0 Å². The van der Waals surface area contributed by atoms with Crippen molar-refractivity contribution in [2.45, 2.75) is 51.0 Å². The Kier molecular flexibility index (Phi) is 12.8. The highest BCUT2D eigenvalue weighted by Crippen LogP contribution is 2.15. The molecule has 0 aliphatic heterocycles. The van der Waals surface area contributed by atoms with Crippen LogP contribution in [0.4, 0.5) is 0 Å². The van der Waals surface area contributed by atoms with Gasteiger partial charge in [0.1, 0.15) is 0 Å². The second kappa shape index (κ2) is 12.9. The van der Waals surface area contributed by atoms with Gasteiger partial charge in [-0.05, 0) is 12.8 Å². The lowest BCUT2D eigenvalue weighted by molar-refractivity contribution is 0.267. The minimum atomic E-state index is 0.139. The maximum Gasteiger partial charge on any atom is 0.0555 e. The summed E-state index contributed by atoms with van der Waals surface area (Å²) in [6.07, 6.45) is 9.51. The van der Waals surface area contributed by atoms with Gasteiger partial charge in [-0.15, -0.1) is 0 Å². The zero-order valence-electron chi connectivity index (χ0n) is 10.3. The van der Waals surface area contributed by atoms with Crippen LogP contribution in [0, 0.1) is 0 Å². The number of aliphatic hydroxyl groups is 2. The number of aliphatic hydroxyl groups excluding tert-OH is 2. The number of nitrogens with one attached hydrogen (secondary N) is 1. The second-order valence-corrected chi connectivity index (χ2v) is 4.30. The van der Waals surface area contributed by atoms with Crippen LogP contribution in [0.3, 0.4) is 0 Å². The lowest BCUT2D eigenvalue weighted by Gasteiger charge is -2.13. The van der Waals surface area contributed by atoms with Gasteiger partial charge >= 0.3 is 0 Å². The number of hydrogen-bond donors (Lipinski definition) is 4. The lowest BCUT2D eigenvalue weighted by Crippen LogP contribution is -2.21. The molecule has 0 radical (unpaired) electrons. The third-order valence-corrected chi connectivity index (χ3v) is 2.73. The van der Waals surface area contributed by atoms with Crippen LogP contribution in [0.5, 0.6) is 0 Å². The van der Waals surface area contributed by atoms with Crippen LogP contribution in [0.1, 0.15) is 44.9 Å². The van der Waals surface area contributed by atoms with E-state index in [1.807, 2.05) is 0 Å². The fourth-order valence-electron chi connectivity index (χ4n) is 1.77. The van der Waals surface area contributed by atoms with E-state index in [1.165, 1.54) is 44.9 Å². The molecule has 0 bridgehead atoms. The zero-order valence-corrected chi connectivity index (χ0v) is 10.3. The molecule has 0 aromatic rings. The molecule has 1 aliphatic rings. The molecule has 0 unspecified atom stereocenters. The molecule has 98 valence electrons. The summed E-state index contributed by atoms with van der Waals surface area (Å²) in [6, 6.07) is 0.519. The SMILES string of the molecule is NC1CCCCCCC1.OCCNCCO. The fraction of sp³-hybridized carbons (Fsp3) is 1.00. The molecule has 1 saturated carbocycles. The Hall–Kier alpha value is -0.160. The highest BCUT2D eigenvalue weighted by molar-refractivity contribution is 4.64. The van der Waals surface area contributed by atoms with Gasteiger partial charge in [-0.3, -0.25) is 0 Å². The summed E-state index contributed by atoms with van der Waals surface area (Å²) in [5.41, 5.74) is 5.80. The molecule has 0 amide bonds. The maximum atomic E-state index is 8.15. The van der Waals surface area contributed by atoms with Gasteiger partial charge in [0, 0.05) is 19.1 Å². The standard InChI is InChI=1S/C8H17N.C4H11NO2/c9-8-6-4-2-1-3-5-7-8;6-3-1-5-2-4-7/h8H,1-7,9H2;5-7H,1-4H2. The minimum absolute atomic E-state index is 0.139. The molecule has 0 saturated heterocycles. The van der Waals surface area contributed by atoms with E-state index in [9.17, 15) is 0 Å². The Bertz CT molecular complexity index is 122. The zero-order chi connectivity index (χ0) is 12.1. The average molecular weight is 232 g/mol. The maximum absolute atomic E-state index is 8.15. The Balaban J connectivity index is 0.000000293. The summed E-state index contributed by atoms with van der Waals surface area (Å²) in [7, 11) is 0. The molecule has 0 heterocycles. The first-order chi connectivity index (χ1) is 7.81. The smallest absolute Gasteiger partial charge is 0.0555 e. The Morgan fingerprint density at radius 3 is 1.75 bits per heavy atom. The minimum Gasteiger partial charge on any atom is -0.395 e. The molecule has 0 atom stereocenters. The predicted octanol–water partition coefficient (Wildman–Crippen LogP) is 0.619. The van der Waals surface area contributed by atoms with E-state index in [0.29, 0.717) is 19.1 Å². The van der Waals surface area contributed by atoms with Gasteiger partial charge in [0.05, 0.1) is 13.2 Å². The third-order valence-electron chi connectivity index (χ3n) is 2.73. The normalized spacial score (nSPS) is 18.2. The van der Waals surface area contributed by atoms with Gasteiger partial charge in [0.25, 0.3) is 0 Å². The molecular formula is C12H28N2O2. The van der Waals surface area contributed by atoms with Crippen molar-refractivity contribution in [2.24, 2.45) is 5.73 Å². The summed E-state index contributed by atoms with van der Waals surface area (Å²) in [5, 5.41) is 19.1. The Labute approximate surface area is 99.2 Å². The van der Waals surface area contributed by atoms with Crippen molar-refractivity contribution in [3.63, 3.8) is 0 Å². The van der Waals surface area contributed by atoms with E-state index >= 15 is 0 Å². The molecule has 0 aromatic carbocycles. The molecule has 16 heavy (non-hydrogen) atoms. The number of rotatable bonds is 4. The lowest BCUT2D eigenvalue weighted by atomic mass is 9.98. The van der Waals surface area contributed by atoms with Crippen molar-refractivity contribution < 1.29 is 10.2 Å². The van der Waals surface area contributed by atoms with Crippen LogP contribution in [0.25, 0.3) is 0 Å². The summed E-state index contributed by atoms with van der Waals surface area (Å²) in [6.45, 7) is 1.42. The number of hydrogen-bond acceptors (Lipinski definition) is 4. The second-order valence-electron chi connectivity index (χ2n) is 4.30. The van der Waals surface area contributed by atoms with Crippen molar-refractivity contribution in [3.8, 4) is 0 Å². The summed E-state index contributed by atoms with van der Waals surface area (Å²) in [4.78, 5) is 0. The first kappa shape index (κ1) is 15.8. The topological polar surface area (TPSA) is 78.5 Å². The third kappa shape index (κ3) is 11.9. The van der Waals surface area contributed by atoms with E-state index in [0.717, 1.165) is 0 Å². The van der Waals surface area contributed by atoms with E-state index in [-0.39, 0.29) is 13.2 Å². The van der Waals surface area contributed by atoms with Gasteiger partial charge in [-0.25, -0.2) is 0 Å². The van der Waals surface area contributed by atoms with Crippen LogP contribution in [0.2, 0.25) is 0 Å². The van der Waals surface area contributed by atoms with Crippen LogP contribution in [-0.4, -0.2) is 42.6 Å². The highest BCUT2D eigenvalue weighted by atomic mass is 16.3. The molecule has 4 nitrogen and oxygen atoms in total. The van der Waals surface area contributed by atoms with Crippen LogP contribution in [-0.2, 0) is 0 Å². The molecule has 5 N–H and O–H groups in total. The van der Waals surface area contributed by atoms with Gasteiger partial charge in [0.15, 0.2) is 0 Å². The van der Waals surface area contributed by atoms with Crippen molar-refractivity contribution in [1.82, 2.24) is 5.32 Å². The monoisotopic (exact) mass is 232 g/mol. The van der Waals surface area contributed by atoms with E-state index in [2.05, 4.69) is 5.32 Å². The number of nitrogens with two attached hydrogens (primary N) is 1. The summed E-state index contributed by atoms with van der Waals surface area (Å²) in [5.74, 6) is 0. The van der Waals surface area contributed by atoms with Gasteiger partial charge in [0.2, 0.25) is 0 Å². The largest absolute Gasteiger partial charge is 0.395 e. The first-order valence-electron chi connectivity index (χ1n) is 6.49. The van der Waals surface area contributed by atoms with Gasteiger partial charge in [-0.1, -0.05) is 32.1 Å². The van der Waals surface area contributed by atoms with Crippen LogP contribution in [0.15, 0.2) is 0 Å². The van der Waals surface area contributed by atoms with Crippen molar-refractivity contribution in [3.05, 3.63) is 0 Å². The van der Waals surface area contributed by atoms with E-state index < -0.39 is 0 Å². The average Bonchev–Trinajstić information content (AvgIpc) is 2.25. The quantitative estimate of drug-likeness (QED) is 0.536. The van der Waals surface area contributed by atoms with Gasteiger partial charge < -0.3 is 21.3 Å². The van der Waals surface area contributed by atoms with Crippen LogP contribution < -0.4 is 11.1 Å². The van der Waals surface area contributed by atoms with Crippen molar-refractivity contribution in [2.75, 3.05) is 26.3 Å². The molecule has 0 aromatic heterocycles. The Morgan fingerprint density at radius 1 is 0.875 bits per heavy atom. The molecular weight excluding hydrogens is 204 g/mol. The first-order valence-corrected chi connectivity index (χ1v) is 6.49. The van der Waals surface area contributed by atoms with Crippen molar-refractivity contribution in [1.29, 1.82) is 0 Å². The molecule has 1 fully saturated rings. The fourth-order valence-corrected chi connectivity index (χ4v) is 1.77. The molecule has 1 rings (SSSR count). The summed E-state index contributed by atoms with van der Waals surface area (Å²) < 4.78 is 0. The van der Waals surface area contributed by atoms with E-state index in [4.69, 9.17) is 15.9 Å². The molecule has 1 aliphatic carbocycles. The Morgan fingerprint density at radius 2 is 1.31 bits per heavy atom. The highest BCUT2D eigenvalue weighted by Gasteiger charge is 2.04. The van der Waals surface area contributed by atoms with Gasteiger partial charge in [-0.2, -0.15) is 0 Å². The molecule has 4 heteroatoms. The summed E-state index contributed by atoms with van der Waals surface area (Å²) >= 11 is 0.